The van der Waals surface area contributed by atoms with Crippen molar-refractivity contribution in [2.45, 2.75) is 32.3 Å². The molecule has 1 aliphatic rings. The first kappa shape index (κ1) is 20.0. The van der Waals surface area contributed by atoms with Gasteiger partial charge in [0.15, 0.2) is 5.92 Å². The van der Waals surface area contributed by atoms with E-state index >= 15 is 0 Å². The molecule has 0 amide bonds. The molecule has 1 unspecified atom stereocenters. The molecule has 0 aliphatic carbocycles. The number of nitrogens with one attached hydrogen (secondary N) is 1. The van der Waals surface area contributed by atoms with Crippen molar-refractivity contribution in [3.8, 4) is 0 Å². The standard InChI is InChI=1S/C22H25NO5/c24-21(27-15-17-9-3-1-4-10-17)19(20-23-13-7-8-14-26-20)22(25)28-16-18-11-5-2-6-12-18/h1-6,9-12,19-20,23H,7-8,13-16H2. The van der Waals surface area contributed by atoms with Crippen LogP contribution in [0.4, 0.5) is 0 Å². The Kier molecular flexibility index (Phi) is 7.58. The Labute approximate surface area is 164 Å². The Morgan fingerprint density at radius 2 is 1.43 bits per heavy atom. The van der Waals surface area contributed by atoms with Gasteiger partial charge in [-0.2, -0.15) is 0 Å². The lowest BCUT2D eigenvalue weighted by molar-refractivity contribution is -0.172. The molecule has 1 aliphatic heterocycles. The molecule has 1 saturated heterocycles. The molecule has 0 spiro atoms. The number of carbonyl (C=O) groups is 2. The molecule has 1 heterocycles. The third-order valence-corrected chi connectivity index (χ3v) is 4.47. The van der Waals surface area contributed by atoms with Gasteiger partial charge < -0.3 is 14.2 Å². The Balaban J connectivity index is 1.66. The Morgan fingerprint density at radius 3 is 1.96 bits per heavy atom. The van der Waals surface area contributed by atoms with Gasteiger partial charge in [-0.3, -0.25) is 14.9 Å². The molecule has 0 radical (unpaired) electrons. The highest BCUT2D eigenvalue weighted by Crippen LogP contribution is 2.16. The fraction of sp³-hybridized carbons (Fsp3) is 0.364. The number of rotatable bonds is 7. The zero-order valence-corrected chi connectivity index (χ0v) is 15.7. The molecular weight excluding hydrogens is 358 g/mol. The molecule has 0 aromatic heterocycles. The topological polar surface area (TPSA) is 73.9 Å². The monoisotopic (exact) mass is 383 g/mol. The fourth-order valence-electron chi connectivity index (χ4n) is 2.94. The summed E-state index contributed by atoms with van der Waals surface area (Å²) in [5.74, 6) is -2.48. The minimum atomic E-state index is -1.18. The second kappa shape index (κ2) is 10.6. The minimum Gasteiger partial charge on any atom is -0.460 e. The van der Waals surface area contributed by atoms with E-state index in [1.807, 2.05) is 60.7 Å². The van der Waals surface area contributed by atoms with Gasteiger partial charge in [0.05, 0.1) is 0 Å². The summed E-state index contributed by atoms with van der Waals surface area (Å²) < 4.78 is 16.5. The first-order valence-electron chi connectivity index (χ1n) is 9.50. The quantitative estimate of drug-likeness (QED) is 0.585. The summed E-state index contributed by atoms with van der Waals surface area (Å²) in [6.45, 7) is 1.33. The van der Waals surface area contributed by atoms with Gasteiger partial charge in [0.2, 0.25) is 0 Å². The first-order chi connectivity index (χ1) is 13.7. The Bertz CT molecular complexity index is 687. The fourth-order valence-corrected chi connectivity index (χ4v) is 2.94. The number of benzene rings is 2. The van der Waals surface area contributed by atoms with E-state index in [0.29, 0.717) is 13.2 Å². The highest BCUT2D eigenvalue weighted by atomic mass is 16.6. The zero-order chi connectivity index (χ0) is 19.6. The summed E-state index contributed by atoms with van der Waals surface area (Å²) in [6.07, 6.45) is 1.03. The second-order valence-corrected chi connectivity index (χ2v) is 6.62. The molecule has 1 N–H and O–H groups in total. The van der Waals surface area contributed by atoms with E-state index < -0.39 is 24.1 Å². The normalized spacial score (nSPS) is 17.0. The third-order valence-electron chi connectivity index (χ3n) is 4.47. The van der Waals surface area contributed by atoms with Crippen LogP contribution in [0.3, 0.4) is 0 Å². The summed E-state index contributed by atoms with van der Waals surface area (Å²) in [6, 6.07) is 18.7. The van der Waals surface area contributed by atoms with Crippen LogP contribution in [0.25, 0.3) is 0 Å². The molecule has 6 heteroatoms. The largest absolute Gasteiger partial charge is 0.460 e. The lowest BCUT2D eigenvalue weighted by Crippen LogP contribution is -2.46. The van der Waals surface area contributed by atoms with Crippen molar-refractivity contribution in [2.24, 2.45) is 5.92 Å². The number of carbonyl (C=O) groups excluding carboxylic acids is 2. The van der Waals surface area contributed by atoms with Crippen LogP contribution in [0.5, 0.6) is 0 Å². The van der Waals surface area contributed by atoms with Crippen LogP contribution in [0.1, 0.15) is 24.0 Å². The lowest BCUT2D eigenvalue weighted by Gasteiger charge is -2.24. The maximum atomic E-state index is 12.7. The Morgan fingerprint density at radius 1 is 0.893 bits per heavy atom. The van der Waals surface area contributed by atoms with Gasteiger partial charge in [-0.05, 0) is 30.5 Å². The highest BCUT2D eigenvalue weighted by molar-refractivity contribution is 5.95. The van der Waals surface area contributed by atoms with Crippen LogP contribution in [-0.2, 0) is 37.0 Å². The molecule has 2 aromatic carbocycles. The van der Waals surface area contributed by atoms with Gasteiger partial charge in [0, 0.05) is 6.61 Å². The van der Waals surface area contributed by atoms with E-state index in [2.05, 4.69) is 5.32 Å². The molecule has 0 saturated carbocycles. The number of hydrogen-bond acceptors (Lipinski definition) is 6. The highest BCUT2D eigenvalue weighted by Gasteiger charge is 2.39. The summed E-state index contributed by atoms with van der Waals surface area (Å²) in [7, 11) is 0. The van der Waals surface area contributed by atoms with Crippen LogP contribution in [0.2, 0.25) is 0 Å². The smallest absolute Gasteiger partial charge is 0.324 e. The van der Waals surface area contributed by atoms with Crippen molar-refractivity contribution in [1.29, 1.82) is 0 Å². The van der Waals surface area contributed by atoms with Gasteiger partial charge in [-0.25, -0.2) is 0 Å². The van der Waals surface area contributed by atoms with E-state index in [1.165, 1.54) is 0 Å². The summed E-state index contributed by atoms with van der Waals surface area (Å²) in [5.41, 5.74) is 1.70. The lowest BCUT2D eigenvalue weighted by atomic mass is 10.1. The van der Waals surface area contributed by atoms with Crippen molar-refractivity contribution in [3.63, 3.8) is 0 Å². The summed E-state index contributed by atoms with van der Waals surface area (Å²) >= 11 is 0. The van der Waals surface area contributed by atoms with Gasteiger partial charge in [0.1, 0.15) is 19.4 Å². The predicted octanol–water partition coefficient (Wildman–Crippen LogP) is 2.82. The number of ether oxygens (including phenoxy) is 3. The van der Waals surface area contributed by atoms with Crippen molar-refractivity contribution in [1.82, 2.24) is 5.32 Å². The van der Waals surface area contributed by atoms with E-state index in [0.717, 1.165) is 24.0 Å². The summed E-state index contributed by atoms with van der Waals surface area (Å²) in [4.78, 5) is 25.5. The molecule has 28 heavy (non-hydrogen) atoms. The minimum absolute atomic E-state index is 0.0921. The average Bonchev–Trinajstić information content (AvgIpc) is 3.02. The van der Waals surface area contributed by atoms with Crippen molar-refractivity contribution in [2.75, 3.05) is 13.2 Å². The van der Waals surface area contributed by atoms with Crippen molar-refractivity contribution >= 4 is 11.9 Å². The molecule has 2 aromatic rings. The van der Waals surface area contributed by atoms with Gasteiger partial charge in [-0.1, -0.05) is 60.7 Å². The summed E-state index contributed by atoms with van der Waals surface area (Å²) in [5, 5.41) is 3.12. The van der Waals surface area contributed by atoms with Crippen molar-refractivity contribution in [3.05, 3.63) is 71.8 Å². The molecule has 148 valence electrons. The average molecular weight is 383 g/mol. The van der Waals surface area contributed by atoms with Crippen LogP contribution < -0.4 is 5.32 Å². The first-order valence-corrected chi connectivity index (χ1v) is 9.50. The zero-order valence-electron chi connectivity index (χ0n) is 15.7. The van der Waals surface area contributed by atoms with E-state index in [1.54, 1.807) is 0 Å². The SMILES string of the molecule is O=C(OCc1ccccc1)C(C(=O)OCc1ccccc1)C1NCCCCO1. The molecule has 0 bridgehead atoms. The van der Waals surface area contributed by atoms with Crippen LogP contribution >= 0.6 is 0 Å². The molecule has 1 atom stereocenters. The van der Waals surface area contributed by atoms with Crippen LogP contribution in [0, 0.1) is 5.92 Å². The second-order valence-electron chi connectivity index (χ2n) is 6.62. The van der Waals surface area contributed by atoms with Gasteiger partial charge in [-0.15, -0.1) is 0 Å². The van der Waals surface area contributed by atoms with E-state index in [-0.39, 0.29) is 13.2 Å². The predicted molar refractivity (Wildman–Crippen MR) is 103 cm³/mol. The molecule has 6 nitrogen and oxygen atoms in total. The number of esters is 2. The van der Waals surface area contributed by atoms with Crippen LogP contribution in [0.15, 0.2) is 60.7 Å². The van der Waals surface area contributed by atoms with Crippen molar-refractivity contribution < 1.29 is 23.8 Å². The molecule has 1 fully saturated rings. The van der Waals surface area contributed by atoms with Gasteiger partial charge >= 0.3 is 11.9 Å². The Hall–Kier alpha value is -2.70. The third kappa shape index (κ3) is 5.90. The van der Waals surface area contributed by atoms with E-state index in [4.69, 9.17) is 14.2 Å². The number of hydrogen-bond donors (Lipinski definition) is 1. The maximum absolute atomic E-state index is 12.7. The van der Waals surface area contributed by atoms with E-state index in [9.17, 15) is 9.59 Å². The van der Waals surface area contributed by atoms with Crippen LogP contribution in [-0.4, -0.2) is 31.3 Å². The molecular formula is C22H25NO5. The van der Waals surface area contributed by atoms with Gasteiger partial charge in [0.25, 0.3) is 0 Å². The maximum Gasteiger partial charge on any atom is 0.324 e. The molecule has 3 rings (SSSR count).